The maximum atomic E-state index is 12.5. The Hall–Kier alpha value is -2.48. The molecule has 0 aliphatic carbocycles. The molecule has 0 aromatic carbocycles. The van der Waals surface area contributed by atoms with Gasteiger partial charge in [-0.25, -0.2) is 9.97 Å². The molecule has 3 aromatic heterocycles. The van der Waals surface area contributed by atoms with Gasteiger partial charge in [0.1, 0.15) is 11.6 Å². The van der Waals surface area contributed by atoms with Gasteiger partial charge in [-0.3, -0.25) is 10.1 Å². The number of fused-ring (bicyclic) bond motifs is 3. The molecule has 0 spiro atoms. The molecule has 1 aliphatic heterocycles. The number of H-pyrrole nitrogens is 1. The number of hydrogen-bond donors (Lipinski definition) is 2. The summed E-state index contributed by atoms with van der Waals surface area (Å²) in [7, 11) is 0. The molecule has 1 amide bonds. The summed E-state index contributed by atoms with van der Waals surface area (Å²) in [4.78, 5) is 24.2. The SMILES string of the molecule is Cc1nsc(NC(=O)c2c[nH]c3c2-c2nccn2CC3)n1. The molecule has 4 rings (SSSR count). The van der Waals surface area contributed by atoms with Gasteiger partial charge in [0.25, 0.3) is 5.91 Å². The molecule has 2 N–H and O–H groups in total. The molecule has 0 bridgehead atoms. The smallest absolute Gasteiger partial charge is 0.259 e. The van der Waals surface area contributed by atoms with Gasteiger partial charge in [0, 0.05) is 48.8 Å². The van der Waals surface area contributed by atoms with Crippen molar-refractivity contribution in [2.24, 2.45) is 0 Å². The number of aromatic nitrogens is 5. The fourth-order valence-corrected chi connectivity index (χ4v) is 3.13. The monoisotopic (exact) mass is 300 g/mol. The zero-order valence-electron chi connectivity index (χ0n) is 11.3. The van der Waals surface area contributed by atoms with E-state index in [-0.39, 0.29) is 5.91 Å². The van der Waals surface area contributed by atoms with Gasteiger partial charge >= 0.3 is 0 Å². The van der Waals surface area contributed by atoms with E-state index < -0.39 is 0 Å². The first-order valence-corrected chi connectivity index (χ1v) is 7.33. The molecule has 1 aliphatic rings. The summed E-state index contributed by atoms with van der Waals surface area (Å²) in [6.07, 6.45) is 6.29. The van der Waals surface area contributed by atoms with Crippen molar-refractivity contribution in [1.82, 2.24) is 23.9 Å². The van der Waals surface area contributed by atoms with Crippen LogP contribution in [0.15, 0.2) is 18.6 Å². The summed E-state index contributed by atoms with van der Waals surface area (Å²) < 4.78 is 6.12. The van der Waals surface area contributed by atoms with Gasteiger partial charge in [-0.1, -0.05) is 0 Å². The van der Waals surface area contributed by atoms with E-state index in [9.17, 15) is 4.79 Å². The van der Waals surface area contributed by atoms with Crippen molar-refractivity contribution in [3.05, 3.63) is 35.7 Å². The van der Waals surface area contributed by atoms with Gasteiger partial charge in [0.05, 0.1) is 11.1 Å². The van der Waals surface area contributed by atoms with E-state index in [0.717, 1.165) is 30.0 Å². The van der Waals surface area contributed by atoms with Crippen molar-refractivity contribution in [2.45, 2.75) is 19.9 Å². The third-order valence-electron chi connectivity index (χ3n) is 3.50. The molecular formula is C13H12N6OS. The first-order valence-electron chi connectivity index (χ1n) is 6.56. The highest BCUT2D eigenvalue weighted by Gasteiger charge is 2.25. The van der Waals surface area contributed by atoms with E-state index in [1.807, 2.05) is 6.20 Å². The van der Waals surface area contributed by atoms with E-state index in [2.05, 4.69) is 29.2 Å². The van der Waals surface area contributed by atoms with Crippen LogP contribution in [0, 0.1) is 6.92 Å². The highest BCUT2D eigenvalue weighted by Crippen LogP contribution is 2.31. The number of aromatic amines is 1. The summed E-state index contributed by atoms with van der Waals surface area (Å²) in [5.74, 6) is 1.29. The number of imidazole rings is 1. The molecule has 0 radical (unpaired) electrons. The minimum absolute atomic E-state index is 0.194. The van der Waals surface area contributed by atoms with Crippen LogP contribution in [0.2, 0.25) is 0 Å². The largest absolute Gasteiger partial charge is 0.364 e. The standard InChI is InChI=1S/C13H12N6OS/c1-7-16-13(21-18-7)17-12(20)8-6-15-9-2-4-19-5-3-14-11(19)10(8)9/h3,5-6,15H,2,4H2,1H3,(H,16,17,18,20). The number of carbonyl (C=O) groups excluding carboxylic acids is 1. The lowest BCUT2D eigenvalue weighted by atomic mass is 10.0. The molecule has 4 heterocycles. The summed E-state index contributed by atoms with van der Waals surface area (Å²) in [6.45, 7) is 2.67. The minimum atomic E-state index is -0.194. The maximum Gasteiger partial charge on any atom is 0.259 e. The molecule has 0 atom stereocenters. The van der Waals surface area contributed by atoms with Crippen molar-refractivity contribution >= 4 is 22.6 Å². The number of hydrogen-bond acceptors (Lipinski definition) is 5. The molecule has 106 valence electrons. The van der Waals surface area contributed by atoms with Crippen LogP contribution in [0.5, 0.6) is 0 Å². The van der Waals surface area contributed by atoms with Gasteiger partial charge < -0.3 is 9.55 Å². The molecule has 0 fully saturated rings. The molecule has 0 unspecified atom stereocenters. The summed E-state index contributed by atoms with van der Waals surface area (Å²) in [5.41, 5.74) is 2.52. The van der Waals surface area contributed by atoms with Gasteiger partial charge in [0.2, 0.25) is 5.13 Å². The summed E-state index contributed by atoms with van der Waals surface area (Å²) >= 11 is 1.18. The second-order valence-corrected chi connectivity index (χ2v) is 5.60. The summed E-state index contributed by atoms with van der Waals surface area (Å²) in [6, 6.07) is 0. The van der Waals surface area contributed by atoms with Gasteiger partial charge in [-0.05, 0) is 6.92 Å². The molecule has 7 nitrogen and oxygen atoms in total. The fraction of sp³-hybridized carbons (Fsp3) is 0.231. The number of nitrogens with zero attached hydrogens (tertiary/aromatic N) is 4. The lowest BCUT2D eigenvalue weighted by Crippen LogP contribution is -2.15. The van der Waals surface area contributed by atoms with Crippen molar-refractivity contribution < 1.29 is 4.79 Å². The number of carbonyl (C=O) groups is 1. The second kappa shape index (κ2) is 4.52. The second-order valence-electron chi connectivity index (χ2n) is 4.85. The van der Waals surface area contributed by atoms with Crippen molar-refractivity contribution in [2.75, 3.05) is 5.32 Å². The minimum Gasteiger partial charge on any atom is -0.364 e. The Labute approximate surface area is 124 Å². The Morgan fingerprint density at radius 1 is 1.52 bits per heavy atom. The van der Waals surface area contributed by atoms with Crippen LogP contribution in [0.3, 0.4) is 0 Å². The van der Waals surface area contributed by atoms with Gasteiger partial charge in [-0.2, -0.15) is 4.37 Å². The number of amides is 1. The van der Waals surface area contributed by atoms with Crippen LogP contribution in [0.4, 0.5) is 5.13 Å². The van der Waals surface area contributed by atoms with Crippen molar-refractivity contribution in [3.8, 4) is 11.4 Å². The van der Waals surface area contributed by atoms with Crippen LogP contribution in [0.1, 0.15) is 21.9 Å². The highest BCUT2D eigenvalue weighted by atomic mass is 32.1. The Morgan fingerprint density at radius 3 is 3.24 bits per heavy atom. The molecular weight excluding hydrogens is 288 g/mol. The average Bonchev–Trinajstić information content (AvgIpc) is 3.15. The Balaban J connectivity index is 1.71. The van der Waals surface area contributed by atoms with Crippen LogP contribution >= 0.6 is 11.5 Å². The highest BCUT2D eigenvalue weighted by molar-refractivity contribution is 7.09. The number of aryl methyl sites for hydroxylation is 3. The number of rotatable bonds is 2. The third kappa shape index (κ3) is 1.95. The van der Waals surface area contributed by atoms with Crippen LogP contribution in [-0.2, 0) is 13.0 Å². The predicted octanol–water partition coefficient (Wildman–Crippen LogP) is 1.85. The number of anilines is 1. The van der Waals surface area contributed by atoms with E-state index in [1.165, 1.54) is 11.5 Å². The lowest BCUT2D eigenvalue weighted by Gasteiger charge is -2.15. The Kier molecular flexibility index (Phi) is 2.64. The average molecular weight is 300 g/mol. The van der Waals surface area contributed by atoms with Crippen molar-refractivity contribution in [3.63, 3.8) is 0 Å². The maximum absolute atomic E-state index is 12.5. The van der Waals surface area contributed by atoms with E-state index >= 15 is 0 Å². The van der Waals surface area contributed by atoms with E-state index in [1.54, 1.807) is 19.3 Å². The zero-order valence-corrected chi connectivity index (χ0v) is 12.1. The summed E-state index contributed by atoms with van der Waals surface area (Å²) in [5, 5.41) is 3.29. The van der Waals surface area contributed by atoms with Crippen LogP contribution in [0.25, 0.3) is 11.4 Å². The molecule has 3 aromatic rings. The Morgan fingerprint density at radius 2 is 2.43 bits per heavy atom. The quantitative estimate of drug-likeness (QED) is 0.756. The topological polar surface area (TPSA) is 88.5 Å². The van der Waals surface area contributed by atoms with Crippen LogP contribution in [-0.4, -0.2) is 29.8 Å². The Bertz CT molecular complexity index is 829. The van der Waals surface area contributed by atoms with E-state index in [0.29, 0.717) is 16.5 Å². The first-order chi connectivity index (χ1) is 10.2. The van der Waals surface area contributed by atoms with Crippen LogP contribution < -0.4 is 5.32 Å². The zero-order chi connectivity index (χ0) is 14.4. The van der Waals surface area contributed by atoms with E-state index in [4.69, 9.17) is 0 Å². The van der Waals surface area contributed by atoms with Crippen molar-refractivity contribution in [1.29, 1.82) is 0 Å². The molecule has 8 heteroatoms. The van der Waals surface area contributed by atoms with Gasteiger partial charge in [-0.15, -0.1) is 0 Å². The molecule has 0 saturated heterocycles. The fourth-order valence-electron chi connectivity index (χ4n) is 2.56. The van der Waals surface area contributed by atoms with Gasteiger partial charge in [0.15, 0.2) is 0 Å². The third-order valence-corrected chi connectivity index (χ3v) is 4.22. The lowest BCUT2D eigenvalue weighted by molar-refractivity contribution is 0.102. The molecule has 0 saturated carbocycles. The first kappa shape index (κ1) is 12.3. The number of nitrogens with one attached hydrogen (secondary N) is 2. The predicted molar refractivity (Wildman–Crippen MR) is 78.3 cm³/mol. The molecule has 21 heavy (non-hydrogen) atoms. The normalized spacial score (nSPS) is 12.8.